The highest BCUT2D eigenvalue weighted by atomic mass is 15.1. The van der Waals surface area contributed by atoms with E-state index in [2.05, 4.69) is 57.4 Å². The summed E-state index contributed by atoms with van der Waals surface area (Å²) in [6, 6.07) is 6.49. The summed E-state index contributed by atoms with van der Waals surface area (Å²) in [5.41, 5.74) is 9.91. The number of aryl methyl sites for hydroxylation is 1. The highest BCUT2D eigenvalue weighted by Crippen LogP contribution is 2.25. The van der Waals surface area contributed by atoms with Crippen LogP contribution >= 0.6 is 0 Å². The molecule has 0 fully saturated rings. The zero-order valence-electron chi connectivity index (χ0n) is 13.4. The maximum Gasteiger partial charge on any atom is 0.126 e. The minimum atomic E-state index is 0.0152. The van der Waals surface area contributed by atoms with Gasteiger partial charge in [-0.25, -0.2) is 4.98 Å². The van der Waals surface area contributed by atoms with Crippen LogP contribution in [0.25, 0.3) is 11.0 Å². The molecule has 0 amide bonds. The molecule has 3 heteroatoms. The minimum Gasteiger partial charge on any atom is -0.326 e. The molecule has 0 aliphatic carbocycles. The second-order valence-corrected chi connectivity index (χ2v) is 6.70. The number of fused-ring (bicyclic) bond motifs is 1. The zero-order chi connectivity index (χ0) is 14.9. The fourth-order valence-electron chi connectivity index (χ4n) is 2.71. The maximum absolute atomic E-state index is 6.39. The van der Waals surface area contributed by atoms with Gasteiger partial charge in [-0.2, -0.15) is 0 Å². The Balaban J connectivity index is 2.50. The summed E-state index contributed by atoms with van der Waals surface area (Å²) in [6.07, 6.45) is 0.973. The maximum atomic E-state index is 6.39. The van der Waals surface area contributed by atoms with Crippen LogP contribution in [0.1, 0.15) is 51.5 Å². The molecule has 1 aromatic heterocycles. The van der Waals surface area contributed by atoms with Crippen LogP contribution in [0.5, 0.6) is 0 Å². The molecule has 0 saturated heterocycles. The Bertz CT molecular complexity index is 581. The van der Waals surface area contributed by atoms with Gasteiger partial charge in [0.05, 0.1) is 17.1 Å². The van der Waals surface area contributed by atoms with Crippen LogP contribution in [0.2, 0.25) is 0 Å². The smallest absolute Gasteiger partial charge is 0.126 e. The summed E-state index contributed by atoms with van der Waals surface area (Å²) in [5, 5.41) is 0. The molecule has 0 bridgehead atoms. The zero-order valence-corrected chi connectivity index (χ0v) is 13.4. The molecule has 0 aliphatic heterocycles. The molecule has 1 aromatic carbocycles. The van der Waals surface area contributed by atoms with Crippen molar-refractivity contribution in [1.82, 2.24) is 9.55 Å². The standard InChI is InChI=1S/C17H27N3/c1-11(2)8-14(18)17-19-15-9-13(5)6-7-16(15)20(17)10-12(3)4/h6-7,9,11-12,14H,8,10,18H2,1-5H3. The van der Waals surface area contributed by atoms with Gasteiger partial charge in [0.2, 0.25) is 0 Å². The van der Waals surface area contributed by atoms with E-state index in [0.717, 1.165) is 24.3 Å². The van der Waals surface area contributed by atoms with Crippen molar-refractivity contribution in [2.24, 2.45) is 17.6 Å². The Morgan fingerprint density at radius 1 is 1.15 bits per heavy atom. The van der Waals surface area contributed by atoms with Crippen molar-refractivity contribution in [2.45, 2.75) is 53.6 Å². The molecule has 1 atom stereocenters. The molecule has 0 radical (unpaired) electrons. The molecule has 2 N–H and O–H groups in total. The van der Waals surface area contributed by atoms with E-state index < -0.39 is 0 Å². The highest BCUT2D eigenvalue weighted by molar-refractivity contribution is 5.77. The number of aromatic nitrogens is 2. The Hall–Kier alpha value is -1.35. The minimum absolute atomic E-state index is 0.0152. The summed E-state index contributed by atoms with van der Waals surface area (Å²) in [7, 11) is 0. The van der Waals surface area contributed by atoms with Crippen molar-refractivity contribution < 1.29 is 0 Å². The molecular formula is C17H27N3. The normalized spacial score (nSPS) is 13.6. The van der Waals surface area contributed by atoms with Gasteiger partial charge in [0.25, 0.3) is 0 Å². The third-order valence-electron chi connectivity index (χ3n) is 3.54. The fraction of sp³-hybridized carbons (Fsp3) is 0.588. The highest BCUT2D eigenvalue weighted by Gasteiger charge is 2.18. The lowest BCUT2D eigenvalue weighted by atomic mass is 10.0. The molecule has 20 heavy (non-hydrogen) atoms. The van der Waals surface area contributed by atoms with E-state index in [9.17, 15) is 0 Å². The first-order chi connectivity index (χ1) is 9.38. The lowest BCUT2D eigenvalue weighted by molar-refractivity contribution is 0.452. The number of rotatable bonds is 5. The van der Waals surface area contributed by atoms with Gasteiger partial charge in [-0.15, -0.1) is 0 Å². The molecule has 3 nitrogen and oxygen atoms in total. The van der Waals surface area contributed by atoms with E-state index >= 15 is 0 Å². The van der Waals surface area contributed by atoms with E-state index in [1.54, 1.807) is 0 Å². The van der Waals surface area contributed by atoms with Gasteiger partial charge in [0.1, 0.15) is 5.82 Å². The molecule has 0 spiro atoms. The number of nitrogens with zero attached hydrogens (tertiary/aromatic N) is 2. The first kappa shape index (κ1) is 15.0. The van der Waals surface area contributed by atoms with E-state index in [1.807, 2.05) is 0 Å². The van der Waals surface area contributed by atoms with Crippen LogP contribution in [0.3, 0.4) is 0 Å². The second-order valence-electron chi connectivity index (χ2n) is 6.70. The van der Waals surface area contributed by atoms with Crippen LogP contribution in [-0.4, -0.2) is 9.55 Å². The van der Waals surface area contributed by atoms with Crippen LogP contribution in [-0.2, 0) is 6.54 Å². The molecule has 1 heterocycles. The van der Waals surface area contributed by atoms with Crippen molar-refractivity contribution in [3.8, 4) is 0 Å². The van der Waals surface area contributed by atoms with Crippen LogP contribution in [0, 0.1) is 18.8 Å². The topological polar surface area (TPSA) is 43.8 Å². The molecule has 0 aliphatic rings. The SMILES string of the molecule is Cc1ccc2c(c1)nc(C(N)CC(C)C)n2CC(C)C. The van der Waals surface area contributed by atoms with Crippen LogP contribution in [0.4, 0.5) is 0 Å². The molecule has 2 rings (SSSR count). The van der Waals surface area contributed by atoms with Crippen LogP contribution in [0.15, 0.2) is 18.2 Å². The Morgan fingerprint density at radius 2 is 1.85 bits per heavy atom. The van der Waals surface area contributed by atoms with Crippen LogP contribution < -0.4 is 5.73 Å². The van der Waals surface area contributed by atoms with Crippen molar-refractivity contribution in [1.29, 1.82) is 0 Å². The first-order valence-corrected chi connectivity index (χ1v) is 7.60. The third-order valence-corrected chi connectivity index (χ3v) is 3.54. The fourth-order valence-corrected chi connectivity index (χ4v) is 2.71. The lowest BCUT2D eigenvalue weighted by Crippen LogP contribution is -2.20. The average Bonchev–Trinajstić information content (AvgIpc) is 2.65. The van der Waals surface area contributed by atoms with Crippen molar-refractivity contribution >= 4 is 11.0 Å². The summed E-state index contributed by atoms with van der Waals surface area (Å²) >= 11 is 0. The van der Waals surface area contributed by atoms with E-state index in [-0.39, 0.29) is 6.04 Å². The average molecular weight is 273 g/mol. The molecule has 2 aromatic rings. The predicted octanol–water partition coefficient (Wildman–Crippen LogP) is 4.05. The van der Waals surface area contributed by atoms with Gasteiger partial charge in [-0.05, 0) is 42.9 Å². The summed E-state index contributed by atoms with van der Waals surface area (Å²) in [4.78, 5) is 4.82. The summed E-state index contributed by atoms with van der Waals surface area (Å²) < 4.78 is 2.31. The molecule has 1 unspecified atom stereocenters. The molecule has 110 valence electrons. The number of benzene rings is 1. The number of nitrogens with two attached hydrogens (primary N) is 1. The van der Waals surface area contributed by atoms with E-state index in [0.29, 0.717) is 11.8 Å². The monoisotopic (exact) mass is 273 g/mol. The summed E-state index contributed by atoms with van der Waals surface area (Å²) in [6.45, 7) is 12.0. The van der Waals surface area contributed by atoms with Gasteiger partial charge in [-0.1, -0.05) is 33.8 Å². The van der Waals surface area contributed by atoms with E-state index in [4.69, 9.17) is 10.7 Å². The Labute approximate surface area is 122 Å². The predicted molar refractivity (Wildman–Crippen MR) is 85.7 cm³/mol. The summed E-state index contributed by atoms with van der Waals surface area (Å²) in [5.74, 6) is 2.20. The van der Waals surface area contributed by atoms with Crippen molar-refractivity contribution in [2.75, 3.05) is 0 Å². The van der Waals surface area contributed by atoms with E-state index in [1.165, 1.54) is 11.1 Å². The Morgan fingerprint density at radius 3 is 2.45 bits per heavy atom. The number of hydrogen-bond acceptors (Lipinski definition) is 2. The first-order valence-electron chi connectivity index (χ1n) is 7.60. The Kier molecular flexibility index (Phi) is 4.48. The van der Waals surface area contributed by atoms with Gasteiger partial charge in [-0.3, -0.25) is 0 Å². The van der Waals surface area contributed by atoms with Crippen molar-refractivity contribution in [3.63, 3.8) is 0 Å². The third kappa shape index (κ3) is 3.21. The quantitative estimate of drug-likeness (QED) is 0.893. The van der Waals surface area contributed by atoms with Gasteiger partial charge in [0, 0.05) is 6.54 Å². The van der Waals surface area contributed by atoms with Gasteiger partial charge >= 0.3 is 0 Å². The van der Waals surface area contributed by atoms with Gasteiger partial charge < -0.3 is 10.3 Å². The number of hydrogen-bond donors (Lipinski definition) is 1. The molecule has 0 saturated carbocycles. The largest absolute Gasteiger partial charge is 0.326 e. The molecular weight excluding hydrogens is 246 g/mol. The van der Waals surface area contributed by atoms with Gasteiger partial charge in [0.15, 0.2) is 0 Å². The van der Waals surface area contributed by atoms with Crippen molar-refractivity contribution in [3.05, 3.63) is 29.6 Å². The lowest BCUT2D eigenvalue weighted by Gasteiger charge is -2.17. The second kappa shape index (κ2) is 5.96. The number of imidazole rings is 1.